The van der Waals surface area contributed by atoms with E-state index in [1.165, 1.54) is 12.8 Å². The molecule has 0 bridgehead atoms. The smallest absolute Gasteiger partial charge is 0.0818 e. The monoisotopic (exact) mass is 224 g/mol. The Balaban J connectivity index is 2.35. The Bertz CT molecular complexity index is 243. The molecule has 3 nitrogen and oxygen atoms in total. The van der Waals surface area contributed by atoms with Crippen molar-refractivity contribution in [2.75, 3.05) is 13.1 Å². The highest BCUT2D eigenvalue weighted by Crippen LogP contribution is 2.26. The molecule has 2 unspecified atom stereocenters. The molecule has 0 aromatic heterocycles. The largest absolute Gasteiger partial charge is 0.390 e. The third-order valence-electron chi connectivity index (χ3n) is 3.02. The molecule has 1 saturated carbocycles. The maximum Gasteiger partial charge on any atom is 0.0818 e. The molecule has 0 radical (unpaired) electrons. The predicted octanol–water partition coefficient (Wildman–Crippen LogP) is 0.818. The van der Waals surface area contributed by atoms with Gasteiger partial charge in [-0.15, -0.1) is 6.42 Å². The first kappa shape index (κ1) is 13.5. The van der Waals surface area contributed by atoms with E-state index in [4.69, 9.17) is 12.2 Å². The molecule has 16 heavy (non-hydrogen) atoms. The molecule has 0 amide bonds. The number of hydrogen-bond donors (Lipinski definition) is 2. The summed E-state index contributed by atoms with van der Waals surface area (Å²) in [4.78, 5) is 2.17. The van der Waals surface area contributed by atoms with Gasteiger partial charge in [0, 0.05) is 18.6 Å². The predicted molar refractivity (Wildman–Crippen MR) is 66.9 cm³/mol. The summed E-state index contributed by atoms with van der Waals surface area (Å²) < 4.78 is 0. The van der Waals surface area contributed by atoms with Crippen LogP contribution in [0, 0.1) is 18.3 Å². The number of aliphatic hydroxyl groups is 1. The summed E-state index contributed by atoms with van der Waals surface area (Å²) in [7, 11) is 0. The number of nitrogens with zero attached hydrogens (tertiary/aromatic N) is 1. The number of aliphatic hydroxyl groups excluding tert-OH is 1. The fourth-order valence-electron chi connectivity index (χ4n) is 1.98. The normalized spacial score (nSPS) is 19.8. The van der Waals surface area contributed by atoms with Gasteiger partial charge in [-0.1, -0.05) is 19.8 Å². The highest BCUT2D eigenvalue weighted by atomic mass is 16.3. The number of terminal acetylenes is 1. The Labute approximate surface area is 99.0 Å². The van der Waals surface area contributed by atoms with Gasteiger partial charge in [-0.3, -0.25) is 4.90 Å². The van der Waals surface area contributed by atoms with Gasteiger partial charge in [0.25, 0.3) is 0 Å². The van der Waals surface area contributed by atoms with Crippen molar-refractivity contribution in [3.05, 3.63) is 0 Å². The van der Waals surface area contributed by atoms with Crippen LogP contribution in [-0.2, 0) is 0 Å². The minimum atomic E-state index is -0.462. The van der Waals surface area contributed by atoms with Gasteiger partial charge >= 0.3 is 0 Å². The first-order valence-corrected chi connectivity index (χ1v) is 6.15. The van der Waals surface area contributed by atoms with Crippen LogP contribution in [0.2, 0.25) is 0 Å². The molecule has 1 rings (SSSR count). The Hall–Kier alpha value is -0.560. The molecule has 3 N–H and O–H groups in total. The summed E-state index contributed by atoms with van der Waals surface area (Å²) in [6.45, 7) is 5.47. The lowest BCUT2D eigenvalue weighted by molar-refractivity contribution is 0.0870. The van der Waals surface area contributed by atoms with Gasteiger partial charge in [-0.25, -0.2) is 0 Å². The molecule has 0 aliphatic heterocycles. The van der Waals surface area contributed by atoms with Crippen LogP contribution >= 0.6 is 0 Å². The van der Waals surface area contributed by atoms with Gasteiger partial charge in [0.15, 0.2) is 0 Å². The van der Waals surface area contributed by atoms with Crippen molar-refractivity contribution in [1.29, 1.82) is 0 Å². The van der Waals surface area contributed by atoms with Crippen molar-refractivity contribution >= 4 is 0 Å². The second-order valence-electron chi connectivity index (χ2n) is 5.23. The van der Waals surface area contributed by atoms with E-state index in [0.717, 1.165) is 6.42 Å². The molecule has 2 atom stereocenters. The molecule has 1 aliphatic rings. The van der Waals surface area contributed by atoms with Crippen LogP contribution in [0.5, 0.6) is 0 Å². The van der Waals surface area contributed by atoms with Crippen molar-refractivity contribution in [1.82, 2.24) is 4.90 Å². The van der Waals surface area contributed by atoms with E-state index in [9.17, 15) is 5.11 Å². The SMILES string of the molecule is C#CCN(CC(O)C(N)CC(C)C)C1CC1. The zero-order valence-electron chi connectivity index (χ0n) is 10.4. The highest BCUT2D eigenvalue weighted by molar-refractivity contribution is 4.96. The lowest BCUT2D eigenvalue weighted by Gasteiger charge is -2.27. The van der Waals surface area contributed by atoms with Crippen LogP contribution < -0.4 is 5.73 Å². The second-order valence-corrected chi connectivity index (χ2v) is 5.23. The summed E-state index contributed by atoms with van der Waals surface area (Å²) in [5.74, 6) is 3.17. The molecule has 0 aromatic rings. The summed E-state index contributed by atoms with van der Waals surface area (Å²) in [6, 6.07) is 0.441. The van der Waals surface area contributed by atoms with Crippen LogP contribution in [-0.4, -0.2) is 41.3 Å². The van der Waals surface area contributed by atoms with E-state index in [2.05, 4.69) is 24.7 Å². The molecule has 0 aromatic carbocycles. The number of rotatable bonds is 7. The van der Waals surface area contributed by atoms with E-state index in [1.54, 1.807) is 0 Å². The Kier molecular flexibility index (Phi) is 5.27. The van der Waals surface area contributed by atoms with Gasteiger partial charge in [0.1, 0.15) is 0 Å². The van der Waals surface area contributed by atoms with Crippen molar-refractivity contribution < 1.29 is 5.11 Å². The first-order valence-electron chi connectivity index (χ1n) is 6.15. The summed E-state index contributed by atoms with van der Waals surface area (Å²) in [5.41, 5.74) is 5.95. The molecule has 1 fully saturated rings. The van der Waals surface area contributed by atoms with E-state index in [0.29, 0.717) is 25.0 Å². The maximum absolute atomic E-state index is 10.0. The van der Waals surface area contributed by atoms with Crippen LogP contribution in [0.1, 0.15) is 33.1 Å². The fourth-order valence-corrected chi connectivity index (χ4v) is 1.98. The van der Waals surface area contributed by atoms with Crippen molar-refractivity contribution in [3.63, 3.8) is 0 Å². The summed E-state index contributed by atoms with van der Waals surface area (Å²) in [5, 5.41) is 10.0. The van der Waals surface area contributed by atoms with E-state index >= 15 is 0 Å². The molecular weight excluding hydrogens is 200 g/mol. The fraction of sp³-hybridized carbons (Fsp3) is 0.846. The zero-order valence-corrected chi connectivity index (χ0v) is 10.4. The van der Waals surface area contributed by atoms with Crippen molar-refractivity contribution in [2.45, 2.75) is 51.3 Å². The van der Waals surface area contributed by atoms with Crippen LogP contribution in [0.15, 0.2) is 0 Å². The Morgan fingerprint density at radius 3 is 2.56 bits per heavy atom. The Morgan fingerprint density at radius 2 is 2.12 bits per heavy atom. The van der Waals surface area contributed by atoms with Gasteiger partial charge < -0.3 is 10.8 Å². The van der Waals surface area contributed by atoms with Gasteiger partial charge in [-0.05, 0) is 25.2 Å². The van der Waals surface area contributed by atoms with Gasteiger partial charge in [-0.2, -0.15) is 0 Å². The van der Waals surface area contributed by atoms with E-state index in [-0.39, 0.29) is 6.04 Å². The molecular formula is C13H24N2O. The number of hydrogen-bond acceptors (Lipinski definition) is 3. The first-order chi connectivity index (χ1) is 7.54. The van der Waals surface area contributed by atoms with E-state index in [1.807, 2.05) is 0 Å². The lowest BCUT2D eigenvalue weighted by Crippen LogP contribution is -2.45. The molecule has 0 saturated heterocycles. The molecule has 0 heterocycles. The average molecular weight is 224 g/mol. The highest BCUT2D eigenvalue weighted by Gasteiger charge is 2.30. The van der Waals surface area contributed by atoms with Crippen LogP contribution in [0.4, 0.5) is 0 Å². The quantitative estimate of drug-likeness (QED) is 0.629. The summed E-state index contributed by atoms with van der Waals surface area (Å²) >= 11 is 0. The van der Waals surface area contributed by atoms with Crippen LogP contribution in [0.3, 0.4) is 0 Å². The second kappa shape index (κ2) is 6.24. The third-order valence-corrected chi connectivity index (χ3v) is 3.02. The average Bonchev–Trinajstić information content (AvgIpc) is 2.99. The van der Waals surface area contributed by atoms with Gasteiger partial charge in [0.05, 0.1) is 12.6 Å². The lowest BCUT2D eigenvalue weighted by atomic mass is 10.00. The topological polar surface area (TPSA) is 49.5 Å². The Morgan fingerprint density at radius 1 is 1.50 bits per heavy atom. The summed E-state index contributed by atoms with van der Waals surface area (Å²) in [6.07, 6.45) is 8.12. The van der Waals surface area contributed by atoms with Crippen molar-refractivity contribution in [3.8, 4) is 12.3 Å². The van der Waals surface area contributed by atoms with Crippen LogP contribution in [0.25, 0.3) is 0 Å². The third kappa shape index (κ3) is 4.52. The van der Waals surface area contributed by atoms with E-state index < -0.39 is 6.10 Å². The number of nitrogens with two attached hydrogens (primary N) is 1. The standard InChI is InChI=1S/C13H24N2O/c1-4-7-15(11-5-6-11)9-13(16)12(14)8-10(2)3/h1,10-13,16H,5-9,14H2,2-3H3. The maximum atomic E-state index is 10.0. The molecule has 3 heteroatoms. The zero-order chi connectivity index (χ0) is 12.1. The molecule has 0 spiro atoms. The van der Waals surface area contributed by atoms with Gasteiger partial charge in [0.2, 0.25) is 0 Å². The molecule has 1 aliphatic carbocycles. The minimum absolute atomic E-state index is 0.140. The van der Waals surface area contributed by atoms with Crippen molar-refractivity contribution in [2.24, 2.45) is 11.7 Å². The molecule has 92 valence electrons. The minimum Gasteiger partial charge on any atom is -0.390 e.